The molecule has 4 nitrogen and oxygen atoms in total. The molecule has 0 saturated heterocycles. The highest BCUT2D eigenvalue weighted by Crippen LogP contribution is 2.38. The third kappa shape index (κ3) is 1.64. The van der Waals surface area contributed by atoms with Crippen LogP contribution in [0.2, 0.25) is 5.02 Å². The molecule has 0 unspecified atom stereocenters. The standard InChI is InChI=1S/C6H3BrClN3O/c7-5-4(12)2-1-3(6(5)8)10-11-9/h1-2,12H. The molecule has 0 aliphatic rings. The third-order valence-corrected chi connectivity index (χ3v) is 2.61. The largest absolute Gasteiger partial charge is 0.507 e. The van der Waals surface area contributed by atoms with E-state index in [-0.39, 0.29) is 16.5 Å². The Balaban J connectivity index is 3.35. The summed E-state index contributed by atoms with van der Waals surface area (Å²) < 4.78 is 0.328. The van der Waals surface area contributed by atoms with Gasteiger partial charge in [0.25, 0.3) is 0 Å². The fourth-order valence-corrected chi connectivity index (χ4v) is 1.19. The number of halogens is 2. The van der Waals surface area contributed by atoms with E-state index in [2.05, 4.69) is 26.0 Å². The Morgan fingerprint density at radius 2 is 2.25 bits per heavy atom. The minimum atomic E-state index is 0.0110. The van der Waals surface area contributed by atoms with Crippen molar-refractivity contribution in [3.05, 3.63) is 32.1 Å². The van der Waals surface area contributed by atoms with E-state index >= 15 is 0 Å². The van der Waals surface area contributed by atoms with Gasteiger partial charge < -0.3 is 5.11 Å². The number of aromatic hydroxyl groups is 1. The molecule has 1 aromatic carbocycles. The maximum Gasteiger partial charge on any atom is 0.131 e. The third-order valence-electron chi connectivity index (χ3n) is 1.19. The van der Waals surface area contributed by atoms with E-state index in [1.807, 2.05) is 0 Å². The van der Waals surface area contributed by atoms with Crippen molar-refractivity contribution in [1.82, 2.24) is 0 Å². The molecule has 0 heterocycles. The first-order chi connectivity index (χ1) is 5.66. The Morgan fingerprint density at radius 1 is 1.58 bits per heavy atom. The number of rotatable bonds is 1. The highest BCUT2D eigenvalue weighted by atomic mass is 79.9. The molecule has 0 radical (unpaired) electrons. The number of hydrogen-bond acceptors (Lipinski definition) is 2. The Morgan fingerprint density at radius 3 is 2.83 bits per heavy atom. The molecule has 1 N–H and O–H groups in total. The van der Waals surface area contributed by atoms with Crippen molar-refractivity contribution < 1.29 is 5.11 Å². The zero-order valence-electron chi connectivity index (χ0n) is 5.70. The predicted molar refractivity (Wildman–Crippen MR) is 49.6 cm³/mol. The number of phenols is 1. The van der Waals surface area contributed by atoms with Gasteiger partial charge in [-0.15, -0.1) is 0 Å². The van der Waals surface area contributed by atoms with Crippen LogP contribution in [-0.2, 0) is 0 Å². The first-order valence-electron chi connectivity index (χ1n) is 2.89. The summed E-state index contributed by atoms with van der Waals surface area (Å²) in [7, 11) is 0. The summed E-state index contributed by atoms with van der Waals surface area (Å²) in [5.74, 6) is 0.0110. The van der Waals surface area contributed by atoms with Gasteiger partial charge in [-0.1, -0.05) is 16.7 Å². The first kappa shape index (κ1) is 9.19. The van der Waals surface area contributed by atoms with Crippen LogP contribution in [0.25, 0.3) is 10.4 Å². The lowest BCUT2D eigenvalue weighted by atomic mass is 10.3. The zero-order valence-corrected chi connectivity index (χ0v) is 8.04. The molecule has 12 heavy (non-hydrogen) atoms. The first-order valence-corrected chi connectivity index (χ1v) is 4.06. The molecule has 0 aliphatic carbocycles. The normalized spacial score (nSPS) is 9.17. The summed E-state index contributed by atoms with van der Waals surface area (Å²) in [6.07, 6.45) is 0. The molecule has 0 aromatic heterocycles. The van der Waals surface area contributed by atoms with Crippen LogP contribution in [0, 0.1) is 0 Å². The van der Waals surface area contributed by atoms with Crippen LogP contribution in [0.3, 0.4) is 0 Å². The smallest absolute Gasteiger partial charge is 0.131 e. The van der Waals surface area contributed by atoms with Gasteiger partial charge in [-0.2, -0.15) is 0 Å². The molecule has 0 amide bonds. The highest BCUT2D eigenvalue weighted by molar-refractivity contribution is 9.10. The van der Waals surface area contributed by atoms with E-state index in [4.69, 9.17) is 22.2 Å². The molecule has 0 fully saturated rings. The summed E-state index contributed by atoms with van der Waals surface area (Å²) in [6, 6.07) is 2.82. The van der Waals surface area contributed by atoms with Gasteiger partial charge in [-0.25, -0.2) is 0 Å². The van der Waals surface area contributed by atoms with Crippen molar-refractivity contribution in [3.63, 3.8) is 0 Å². The van der Waals surface area contributed by atoms with E-state index in [1.165, 1.54) is 12.1 Å². The van der Waals surface area contributed by atoms with Crippen LogP contribution in [0.5, 0.6) is 5.75 Å². The van der Waals surface area contributed by atoms with E-state index in [0.29, 0.717) is 4.47 Å². The molecular weight excluding hydrogens is 245 g/mol. The fraction of sp³-hybridized carbons (Fsp3) is 0. The van der Waals surface area contributed by atoms with Gasteiger partial charge in [0.2, 0.25) is 0 Å². The van der Waals surface area contributed by atoms with Crippen LogP contribution in [0.15, 0.2) is 21.7 Å². The van der Waals surface area contributed by atoms with E-state index in [1.54, 1.807) is 0 Å². The van der Waals surface area contributed by atoms with Gasteiger partial charge in [0.15, 0.2) is 0 Å². The van der Waals surface area contributed by atoms with Crippen LogP contribution < -0.4 is 0 Å². The van der Waals surface area contributed by atoms with Gasteiger partial charge in [-0.3, -0.25) is 0 Å². The van der Waals surface area contributed by atoms with Crippen LogP contribution in [0.4, 0.5) is 5.69 Å². The molecule has 0 atom stereocenters. The quantitative estimate of drug-likeness (QED) is 0.459. The Kier molecular flexibility index (Phi) is 2.81. The molecular formula is C6H3BrClN3O. The second kappa shape index (κ2) is 3.67. The maximum atomic E-state index is 9.13. The van der Waals surface area contributed by atoms with Crippen molar-refractivity contribution >= 4 is 33.2 Å². The second-order valence-electron chi connectivity index (χ2n) is 1.92. The minimum absolute atomic E-state index is 0.0110. The van der Waals surface area contributed by atoms with Gasteiger partial charge >= 0.3 is 0 Å². The van der Waals surface area contributed by atoms with Gasteiger partial charge in [0.05, 0.1) is 15.2 Å². The summed E-state index contributed by atoms with van der Waals surface area (Å²) in [4.78, 5) is 2.58. The Labute approximate surface area is 81.5 Å². The van der Waals surface area contributed by atoms with Crippen molar-refractivity contribution in [2.24, 2.45) is 5.11 Å². The SMILES string of the molecule is [N-]=[N+]=Nc1ccc(O)c(Br)c1Cl. The van der Waals surface area contributed by atoms with E-state index < -0.39 is 0 Å². The Hall–Kier alpha value is -0.900. The lowest BCUT2D eigenvalue weighted by Gasteiger charge is -2.01. The lowest BCUT2D eigenvalue weighted by Crippen LogP contribution is -1.71. The van der Waals surface area contributed by atoms with Crippen LogP contribution in [-0.4, -0.2) is 5.11 Å². The predicted octanol–water partition coefficient (Wildman–Crippen LogP) is 3.75. The molecule has 1 rings (SSSR count). The number of phenolic OH excluding ortho intramolecular Hbond substituents is 1. The van der Waals surface area contributed by atoms with Crippen molar-refractivity contribution in [2.75, 3.05) is 0 Å². The molecule has 0 spiro atoms. The topological polar surface area (TPSA) is 69.0 Å². The fourth-order valence-electron chi connectivity index (χ4n) is 0.654. The summed E-state index contributed by atoms with van der Waals surface area (Å²) in [5, 5.41) is 12.6. The average Bonchev–Trinajstić information content (AvgIpc) is 2.07. The van der Waals surface area contributed by atoms with Crippen molar-refractivity contribution in [1.29, 1.82) is 0 Å². The van der Waals surface area contributed by atoms with Crippen LogP contribution >= 0.6 is 27.5 Å². The number of nitrogens with zero attached hydrogens (tertiary/aromatic N) is 3. The maximum absolute atomic E-state index is 9.13. The zero-order chi connectivity index (χ0) is 9.14. The van der Waals surface area contributed by atoms with Crippen molar-refractivity contribution in [2.45, 2.75) is 0 Å². The summed E-state index contributed by atoms with van der Waals surface area (Å²) in [5.41, 5.74) is 8.41. The van der Waals surface area contributed by atoms with E-state index in [0.717, 1.165) is 0 Å². The lowest BCUT2D eigenvalue weighted by molar-refractivity contribution is 0.472. The molecule has 0 bridgehead atoms. The Bertz CT molecular complexity index is 362. The second-order valence-corrected chi connectivity index (χ2v) is 3.09. The molecule has 1 aromatic rings. The summed E-state index contributed by atoms with van der Waals surface area (Å²) in [6.45, 7) is 0. The van der Waals surface area contributed by atoms with Gasteiger partial charge in [0.1, 0.15) is 5.75 Å². The highest BCUT2D eigenvalue weighted by Gasteiger charge is 2.06. The number of azide groups is 1. The van der Waals surface area contributed by atoms with Gasteiger partial charge in [-0.05, 0) is 33.6 Å². The number of benzene rings is 1. The molecule has 0 aliphatic heterocycles. The van der Waals surface area contributed by atoms with Crippen LogP contribution in [0.1, 0.15) is 0 Å². The summed E-state index contributed by atoms with van der Waals surface area (Å²) >= 11 is 8.74. The molecule has 0 saturated carbocycles. The van der Waals surface area contributed by atoms with Gasteiger partial charge in [0, 0.05) is 4.91 Å². The molecule has 6 heteroatoms. The monoisotopic (exact) mass is 247 g/mol. The average molecular weight is 248 g/mol. The number of hydrogen-bond donors (Lipinski definition) is 1. The van der Waals surface area contributed by atoms with E-state index in [9.17, 15) is 0 Å². The minimum Gasteiger partial charge on any atom is -0.507 e. The van der Waals surface area contributed by atoms with Crippen molar-refractivity contribution in [3.8, 4) is 5.75 Å². The molecule has 62 valence electrons.